The van der Waals surface area contributed by atoms with E-state index in [0.717, 1.165) is 38.2 Å². The van der Waals surface area contributed by atoms with Gasteiger partial charge < -0.3 is 15.1 Å². The second-order valence-corrected chi connectivity index (χ2v) is 9.43. The van der Waals surface area contributed by atoms with Crippen LogP contribution in [0.5, 0.6) is 5.75 Å². The van der Waals surface area contributed by atoms with E-state index in [1.54, 1.807) is 16.2 Å². The highest BCUT2D eigenvalue weighted by molar-refractivity contribution is 7.11. The molecule has 1 spiro atoms. The van der Waals surface area contributed by atoms with Gasteiger partial charge in [-0.3, -0.25) is 0 Å². The maximum Gasteiger partial charge on any atom is 0.191 e. The summed E-state index contributed by atoms with van der Waals surface area (Å²) in [6.45, 7) is 3.30. The fourth-order valence-corrected chi connectivity index (χ4v) is 5.79. The second-order valence-electron chi connectivity index (χ2n) is 8.48. The van der Waals surface area contributed by atoms with Crippen LogP contribution in [0.25, 0.3) is 5.70 Å². The number of rotatable bonds is 3. The Labute approximate surface area is 181 Å². The molecule has 3 aromatic rings. The number of hydrogen-bond acceptors (Lipinski definition) is 4. The number of likely N-dealkylation sites (tertiary alicyclic amines) is 1. The van der Waals surface area contributed by atoms with Gasteiger partial charge in [-0.2, -0.15) is 5.01 Å². The van der Waals surface area contributed by atoms with E-state index >= 15 is 0 Å². The lowest BCUT2D eigenvalue weighted by molar-refractivity contribution is -0.921. The van der Waals surface area contributed by atoms with E-state index in [1.165, 1.54) is 21.7 Å². The molecule has 1 saturated heterocycles. The Morgan fingerprint density at radius 3 is 2.60 bits per heavy atom. The van der Waals surface area contributed by atoms with Gasteiger partial charge in [0.2, 0.25) is 0 Å². The summed E-state index contributed by atoms with van der Waals surface area (Å²) in [5, 5.41) is 4.53. The van der Waals surface area contributed by atoms with Crippen LogP contribution in [-0.2, 0) is 6.54 Å². The molecular formula is C25H26N3OS+. The summed E-state index contributed by atoms with van der Waals surface area (Å²) < 4.78 is 6.76. The molecule has 152 valence electrons. The second kappa shape index (κ2) is 7.27. The van der Waals surface area contributed by atoms with Crippen LogP contribution >= 0.6 is 11.3 Å². The summed E-state index contributed by atoms with van der Waals surface area (Å²) in [5.74, 6) is 1.04. The van der Waals surface area contributed by atoms with Crippen LogP contribution in [0.2, 0.25) is 0 Å². The summed E-state index contributed by atoms with van der Waals surface area (Å²) in [6, 6.07) is 23.9. The zero-order chi connectivity index (χ0) is 20.0. The molecule has 0 saturated carbocycles. The van der Waals surface area contributed by atoms with Gasteiger partial charge in [-0.05, 0) is 23.6 Å². The Kier molecular flexibility index (Phi) is 4.41. The lowest BCUT2D eigenvalue weighted by Gasteiger charge is -2.50. The minimum Gasteiger partial charge on any atom is -0.470 e. The van der Waals surface area contributed by atoms with Crippen LogP contribution in [0.1, 0.15) is 34.9 Å². The maximum absolute atomic E-state index is 6.76. The van der Waals surface area contributed by atoms with Crippen LogP contribution in [-0.4, -0.2) is 23.8 Å². The van der Waals surface area contributed by atoms with Crippen LogP contribution < -0.4 is 15.1 Å². The molecule has 1 unspecified atom stereocenters. The van der Waals surface area contributed by atoms with Crippen molar-refractivity contribution in [1.82, 2.24) is 10.4 Å². The number of nitrogens with zero attached hydrogens (tertiary/aromatic N) is 1. The van der Waals surface area contributed by atoms with Crippen LogP contribution in [0.3, 0.4) is 0 Å². The lowest BCUT2D eigenvalue weighted by atomic mass is 9.92. The van der Waals surface area contributed by atoms with Crippen molar-refractivity contribution in [2.75, 3.05) is 13.1 Å². The average Bonchev–Trinajstić information content (AvgIpc) is 3.47. The SMILES string of the molecule is C1=C(c2cccs2)NN2C1c1ccccc1OC21CC[NH+](Cc2ccccc2)CC1. The number of nitrogens with one attached hydrogen (secondary N) is 2. The molecule has 5 heteroatoms. The number of para-hydroxylation sites is 1. The van der Waals surface area contributed by atoms with Gasteiger partial charge in [-0.25, -0.2) is 0 Å². The first-order chi connectivity index (χ1) is 14.8. The molecule has 6 rings (SSSR count). The smallest absolute Gasteiger partial charge is 0.191 e. The van der Waals surface area contributed by atoms with Crippen molar-refractivity contribution in [3.63, 3.8) is 0 Å². The number of hydrazine groups is 1. The first-order valence-electron chi connectivity index (χ1n) is 10.8. The monoisotopic (exact) mass is 416 g/mol. The van der Waals surface area contributed by atoms with E-state index in [1.807, 2.05) is 0 Å². The molecule has 1 atom stereocenters. The predicted molar refractivity (Wildman–Crippen MR) is 120 cm³/mol. The van der Waals surface area contributed by atoms with Crippen molar-refractivity contribution in [1.29, 1.82) is 0 Å². The molecule has 4 nitrogen and oxygen atoms in total. The summed E-state index contributed by atoms with van der Waals surface area (Å²) >= 11 is 1.78. The fourth-order valence-electron chi connectivity index (χ4n) is 5.09. The van der Waals surface area contributed by atoms with Crippen molar-refractivity contribution in [3.8, 4) is 5.75 Å². The highest BCUT2D eigenvalue weighted by Gasteiger charge is 2.52. The van der Waals surface area contributed by atoms with Gasteiger partial charge in [0.25, 0.3) is 0 Å². The largest absolute Gasteiger partial charge is 0.470 e. The number of quaternary nitrogens is 1. The lowest BCUT2D eigenvalue weighted by Crippen LogP contribution is -3.12. The molecule has 30 heavy (non-hydrogen) atoms. The molecule has 0 amide bonds. The average molecular weight is 417 g/mol. The fraction of sp³-hybridized carbons (Fsp3) is 0.280. The van der Waals surface area contributed by atoms with Gasteiger partial charge in [0.15, 0.2) is 5.72 Å². The summed E-state index contributed by atoms with van der Waals surface area (Å²) in [4.78, 5) is 2.92. The molecular weight excluding hydrogens is 390 g/mol. The number of fused-ring (bicyclic) bond motifs is 4. The number of hydrogen-bond donors (Lipinski definition) is 2. The number of ether oxygens (including phenoxy) is 1. The number of piperidine rings is 1. The Morgan fingerprint density at radius 2 is 1.80 bits per heavy atom. The molecule has 1 fully saturated rings. The highest BCUT2D eigenvalue weighted by atomic mass is 32.1. The van der Waals surface area contributed by atoms with E-state index in [9.17, 15) is 0 Å². The Morgan fingerprint density at radius 1 is 1.00 bits per heavy atom. The minimum atomic E-state index is -0.297. The van der Waals surface area contributed by atoms with Crippen LogP contribution in [0, 0.1) is 0 Å². The Hall–Kier alpha value is -2.60. The normalized spacial score (nSPS) is 27.7. The third kappa shape index (κ3) is 3.05. The van der Waals surface area contributed by atoms with E-state index in [-0.39, 0.29) is 11.8 Å². The van der Waals surface area contributed by atoms with Crippen molar-refractivity contribution in [2.24, 2.45) is 0 Å². The van der Waals surface area contributed by atoms with Gasteiger partial charge in [0.1, 0.15) is 12.3 Å². The molecule has 4 heterocycles. The standard InChI is InChI=1S/C25H25N3OS/c1-2-7-19(8-3-1)18-27-14-12-25(13-15-27)28-22(20-9-4-5-10-23(20)29-25)17-21(26-28)24-11-6-16-30-24/h1-11,16-17,22,26H,12-15,18H2/p+1. The number of thiophene rings is 1. The van der Waals surface area contributed by atoms with Crippen LogP contribution in [0.4, 0.5) is 0 Å². The first-order valence-corrected chi connectivity index (χ1v) is 11.7. The molecule has 3 aliphatic rings. The van der Waals surface area contributed by atoms with Crippen molar-refractivity contribution >= 4 is 17.0 Å². The van der Waals surface area contributed by atoms with Crippen molar-refractivity contribution in [2.45, 2.75) is 31.2 Å². The van der Waals surface area contributed by atoms with Crippen molar-refractivity contribution < 1.29 is 9.64 Å². The van der Waals surface area contributed by atoms with Gasteiger partial charge in [-0.1, -0.05) is 54.6 Å². The van der Waals surface area contributed by atoms with Gasteiger partial charge >= 0.3 is 0 Å². The molecule has 1 aromatic heterocycles. The molecule has 0 radical (unpaired) electrons. The number of benzene rings is 2. The zero-order valence-corrected chi connectivity index (χ0v) is 17.7. The zero-order valence-electron chi connectivity index (χ0n) is 16.9. The van der Waals surface area contributed by atoms with E-state index in [4.69, 9.17) is 4.74 Å². The van der Waals surface area contributed by atoms with Gasteiger partial charge in [0.05, 0.1) is 42.5 Å². The van der Waals surface area contributed by atoms with Crippen molar-refractivity contribution in [3.05, 3.63) is 94.2 Å². The molecule has 0 aliphatic carbocycles. The molecule has 3 aliphatic heterocycles. The van der Waals surface area contributed by atoms with E-state index in [2.05, 4.69) is 88.6 Å². The molecule has 0 bridgehead atoms. The summed E-state index contributed by atoms with van der Waals surface area (Å²) in [7, 11) is 0. The van der Waals surface area contributed by atoms with Crippen LogP contribution in [0.15, 0.2) is 78.2 Å². The van der Waals surface area contributed by atoms with Gasteiger partial charge in [0, 0.05) is 11.1 Å². The maximum atomic E-state index is 6.76. The van der Waals surface area contributed by atoms with E-state index < -0.39 is 0 Å². The Balaban J connectivity index is 1.28. The van der Waals surface area contributed by atoms with E-state index in [0.29, 0.717) is 0 Å². The van der Waals surface area contributed by atoms with Gasteiger partial charge in [-0.15, -0.1) is 11.3 Å². The summed E-state index contributed by atoms with van der Waals surface area (Å²) in [5.41, 5.74) is 7.30. The third-order valence-electron chi connectivity index (χ3n) is 6.64. The quantitative estimate of drug-likeness (QED) is 0.683. The Bertz CT molecular complexity index is 1060. The third-order valence-corrected chi connectivity index (χ3v) is 7.55. The highest BCUT2D eigenvalue weighted by Crippen LogP contribution is 2.47. The predicted octanol–water partition coefficient (Wildman–Crippen LogP) is 3.62. The molecule has 2 aromatic carbocycles. The molecule has 2 N–H and O–H groups in total. The topological polar surface area (TPSA) is 28.9 Å². The minimum absolute atomic E-state index is 0.211. The first kappa shape index (κ1) is 18.2. The summed E-state index contributed by atoms with van der Waals surface area (Å²) in [6.07, 6.45) is 4.40.